The van der Waals surface area contributed by atoms with Gasteiger partial charge >= 0.3 is 0 Å². The minimum atomic E-state index is 0.178. The molecule has 0 spiro atoms. The number of hydrogen-bond donors (Lipinski definition) is 3. The zero-order chi connectivity index (χ0) is 9.26. The van der Waals surface area contributed by atoms with E-state index in [4.69, 9.17) is 5.11 Å². The van der Waals surface area contributed by atoms with Gasteiger partial charge in [-0.3, -0.25) is 0 Å². The number of aromatic amines is 1. The average Bonchev–Trinajstić information content (AvgIpc) is 2.50. The van der Waals surface area contributed by atoms with E-state index in [1.165, 1.54) is 0 Å². The first-order chi connectivity index (χ1) is 6.33. The van der Waals surface area contributed by atoms with Crippen molar-refractivity contribution in [1.29, 1.82) is 0 Å². The Hall–Kier alpha value is -0.930. The van der Waals surface area contributed by atoms with Gasteiger partial charge in [0.2, 0.25) is 0 Å². The lowest BCUT2D eigenvalue weighted by Crippen LogP contribution is -1.90. The summed E-state index contributed by atoms with van der Waals surface area (Å²) >= 11 is 4.35. The molecule has 0 fully saturated rings. The van der Waals surface area contributed by atoms with E-state index in [2.05, 4.69) is 17.6 Å². The molecule has 0 aliphatic rings. The number of nitrogens with one attached hydrogen (secondary N) is 1. The van der Waals surface area contributed by atoms with Crippen molar-refractivity contribution < 1.29 is 5.11 Å². The van der Waals surface area contributed by atoms with Crippen molar-refractivity contribution in [2.24, 2.45) is 0 Å². The van der Waals surface area contributed by atoms with Crippen LogP contribution in [0.1, 0.15) is 5.56 Å². The van der Waals surface area contributed by atoms with E-state index < -0.39 is 0 Å². The third kappa shape index (κ3) is 1.45. The van der Waals surface area contributed by atoms with E-state index in [0.717, 1.165) is 21.4 Å². The highest BCUT2D eigenvalue weighted by Gasteiger charge is 2.04. The zero-order valence-corrected chi connectivity index (χ0v) is 8.01. The second-order valence-electron chi connectivity index (χ2n) is 2.99. The highest BCUT2D eigenvalue weighted by atomic mass is 32.1. The average molecular weight is 193 g/mol. The number of H-pyrrole nitrogens is 1. The first-order valence-electron chi connectivity index (χ1n) is 4.21. The topological polar surface area (TPSA) is 36.0 Å². The van der Waals surface area contributed by atoms with Crippen molar-refractivity contribution in [3.63, 3.8) is 0 Å². The van der Waals surface area contributed by atoms with Gasteiger partial charge in [-0.05, 0) is 18.1 Å². The van der Waals surface area contributed by atoms with Crippen LogP contribution < -0.4 is 0 Å². The number of thiol groups is 1. The monoisotopic (exact) mass is 193 g/mol. The first-order valence-corrected chi connectivity index (χ1v) is 4.66. The Morgan fingerprint density at radius 3 is 3.00 bits per heavy atom. The van der Waals surface area contributed by atoms with Gasteiger partial charge in [-0.15, -0.1) is 12.6 Å². The maximum Gasteiger partial charge on any atom is 0.0471 e. The molecule has 0 radical (unpaired) electrons. The smallest absolute Gasteiger partial charge is 0.0471 e. The van der Waals surface area contributed by atoms with E-state index >= 15 is 0 Å². The predicted molar refractivity (Wildman–Crippen MR) is 56.3 cm³/mol. The summed E-state index contributed by atoms with van der Waals surface area (Å²) < 4.78 is 0. The number of benzene rings is 1. The fraction of sp³-hybridized carbons (Fsp3) is 0.200. The molecule has 3 heteroatoms. The van der Waals surface area contributed by atoms with E-state index in [9.17, 15) is 0 Å². The predicted octanol–water partition coefficient (Wildman–Crippen LogP) is 1.99. The van der Waals surface area contributed by atoms with Crippen LogP contribution in [0.15, 0.2) is 29.3 Å². The van der Waals surface area contributed by atoms with Gasteiger partial charge in [0.25, 0.3) is 0 Å². The van der Waals surface area contributed by atoms with Crippen LogP contribution in [0.3, 0.4) is 0 Å². The molecule has 2 N–H and O–H groups in total. The molecular formula is C10H11NOS. The summed E-state index contributed by atoms with van der Waals surface area (Å²) in [5.74, 6) is 0. The van der Waals surface area contributed by atoms with Crippen LogP contribution in [0.2, 0.25) is 0 Å². The summed E-state index contributed by atoms with van der Waals surface area (Å²) in [5.41, 5.74) is 2.22. The molecule has 0 unspecified atom stereocenters. The number of fused-ring (bicyclic) bond motifs is 1. The van der Waals surface area contributed by atoms with Crippen LogP contribution in [-0.4, -0.2) is 16.7 Å². The summed E-state index contributed by atoms with van der Waals surface area (Å²) in [4.78, 5) is 4.07. The molecule has 1 heterocycles. The molecule has 0 bridgehead atoms. The van der Waals surface area contributed by atoms with Gasteiger partial charge in [0, 0.05) is 28.6 Å². The van der Waals surface area contributed by atoms with E-state index in [1.807, 2.05) is 24.4 Å². The molecule has 0 saturated heterocycles. The number of aliphatic hydroxyl groups is 1. The third-order valence-corrected chi connectivity index (χ3v) is 2.51. The highest BCUT2D eigenvalue weighted by Crippen LogP contribution is 2.25. The fourth-order valence-electron chi connectivity index (χ4n) is 1.57. The van der Waals surface area contributed by atoms with Crippen molar-refractivity contribution in [2.45, 2.75) is 11.3 Å². The van der Waals surface area contributed by atoms with Crippen molar-refractivity contribution in [1.82, 2.24) is 4.98 Å². The van der Waals surface area contributed by atoms with E-state index in [1.54, 1.807) is 0 Å². The van der Waals surface area contributed by atoms with Crippen molar-refractivity contribution in [3.8, 4) is 0 Å². The third-order valence-electron chi connectivity index (χ3n) is 2.15. The SMILES string of the molecule is OCCc1cccc2[nH]cc(S)c12. The number of aromatic nitrogens is 1. The molecule has 1 aromatic carbocycles. The zero-order valence-electron chi connectivity index (χ0n) is 7.12. The molecular weight excluding hydrogens is 182 g/mol. The highest BCUT2D eigenvalue weighted by molar-refractivity contribution is 7.80. The molecule has 2 rings (SSSR count). The molecule has 68 valence electrons. The minimum absolute atomic E-state index is 0.178. The molecule has 0 aliphatic carbocycles. The van der Waals surface area contributed by atoms with E-state index in [0.29, 0.717) is 6.42 Å². The fourth-order valence-corrected chi connectivity index (χ4v) is 1.90. The molecule has 0 aliphatic heterocycles. The minimum Gasteiger partial charge on any atom is -0.396 e. The Labute approximate surface area is 82.0 Å². The molecule has 2 nitrogen and oxygen atoms in total. The van der Waals surface area contributed by atoms with Crippen LogP contribution in [0, 0.1) is 0 Å². The lowest BCUT2D eigenvalue weighted by molar-refractivity contribution is 0.300. The normalized spacial score (nSPS) is 10.9. The number of rotatable bonds is 2. The quantitative estimate of drug-likeness (QED) is 0.627. The molecule has 1 aromatic heterocycles. The summed E-state index contributed by atoms with van der Waals surface area (Å²) in [5, 5.41) is 10.00. The molecule has 13 heavy (non-hydrogen) atoms. The van der Waals surface area contributed by atoms with Gasteiger partial charge in [-0.2, -0.15) is 0 Å². The van der Waals surface area contributed by atoms with Gasteiger partial charge < -0.3 is 10.1 Å². The van der Waals surface area contributed by atoms with Crippen LogP contribution in [-0.2, 0) is 6.42 Å². The Balaban J connectivity index is 2.65. The van der Waals surface area contributed by atoms with Gasteiger partial charge in [-0.1, -0.05) is 12.1 Å². The summed E-state index contributed by atoms with van der Waals surface area (Å²) in [6.07, 6.45) is 2.55. The van der Waals surface area contributed by atoms with Crippen LogP contribution in [0.25, 0.3) is 10.9 Å². The maximum atomic E-state index is 8.87. The Bertz CT molecular complexity index is 422. The number of hydrogen-bond acceptors (Lipinski definition) is 2. The largest absolute Gasteiger partial charge is 0.396 e. The van der Waals surface area contributed by atoms with Crippen LogP contribution in [0.5, 0.6) is 0 Å². The standard InChI is InChI=1S/C10H11NOS/c12-5-4-7-2-1-3-8-10(7)9(13)6-11-8/h1-3,6,11-13H,4-5H2. The van der Waals surface area contributed by atoms with Crippen molar-refractivity contribution in [2.75, 3.05) is 6.61 Å². The summed E-state index contributed by atoms with van der Waals surface area (Å²) in [7, 11) is 0. The molecule has 0 amide bonds. The lowest BCUT2D eigenvalue weighted by atomic mass is 10.1. The van der Waals surface area contributed by atoms with Crippen molar-refractivity contribution >= 4 is 23.5 Å². The molecule has 0 saturated carbocycles. The van der Waals surface area contributed by atoms with E-state index in [-0.39, 0.29) is 6.61 Å². The molecule has 2 aromatic rings. The van der Waals surface area contributed by atoms with Gasteiger partial charge in [0.1, 0.15) is 0 Å². The first kappa shape index (κ1) is 8.66. The van der Waals surface area contributed by atoms with Crippen LogP contribution >= 0.6 is 12.6 Å². The van der Waals surface area contributed by atoms with Gasteiger partial charge in [-0.25, -0.2) is 0 Å². The Morgan fingerprint density at radius 1 is 1.38 bits per heavy atom. The van der Waals surface area contributed by atoms with Gasteiger partial charge in [0.05, 0.1) is 0 Å². The summed E-state index contributed by atoms with van der Waals surface area (Å²) in [6.45, 7) is 0.178. The van der Waals surface area contributed by atoms with Gasteiger partial charge in [0.15, 0.2) is 0 Å². The Morgan fingerprint density at radius 2 is 2.23 bits per heavy atom. The lowest BCUT2D eigenvalue weighted by Gasteiger charge is -2.00. The maximum absolute atomic E-state index is 8.87. The molecule has 0 atom stereocenters. The summed E-state index contributed by atoms with van der Waals surface area (Å²) in [6, 6.07) is 6.01. The van der Waals surface area contributed by atoms with Crippen LogP contribution in [0.4, 0.5) is 0 Å². The second-order valence-corrected chi connectivity index (χ2v) is 3.47. The number of aliphatic hydroxyl groups excluding tert-OH is 1. The Kier molecular flexibility index (Phi) is 2.29. The second kappa shape index (κ2) is 3.44. The van der Waals surface area contributed by atoms with Crippen molar-refractivity contribution in [3.05, 3.63) is 30.0 Å².